The van der Waals surface area contributed by atoms with Gasteiger partial charge in [0.25, 0.3) is 0 Å². The van der Waals surface area contributed by atoms with E-state index in [0.29, 0.717) is 13.1 Å². The molecule has 3 unspecified atom stereocenters. The van der Waals surface area contributed by atoms with Crippen LogP contribution in [0.1, 0.15) is 27.7 Å². The smallest absolute Gasteiger partial charge is 0.243 e. The Balaban J connectivity index is 0.00000289. The van der Waals surface area contributed by atoms with Gasteiger partial charge in [0.1, 0.15) is 6.04 Å². The predicted octanol–water partition coefficient (Wildman–Crippen LogP) is 0.375. The first-order valence-electron chi connectivity index (χ1n) is 6.20. The number of amides is 2. The van der Waals surface area contributed by atoms with E-state index in [2.05, 4.69) is 5.32 Å². The third-order valence-corrected chi connectivity index (χ3v) is 3.35. The molecule has 0 aromatic rings. The zero-order chi connectivity index (χ0) is 13.2. The molecule has 5 nitrogen and oxygen atoms in total. The zero-order valence-corrected chi connectivity index (χ0v) is 12.3. The molecule has 6 heteroatoms. The maximum atomic E-state index is 12.3. The monoisotopic (exact) mass is 277 g/mol. The van der Waals surface area contributed by atoms with E-state index < -0.39 is 0 Å². The molecule has 1 saturated heterocycles. The molecule has 1 aliphatic rings. The average Bonchev–Trinajstić information content (AvgIpc) is 2.25. The number of carbonyl (C=O) groups excluding carboxylic acids is 2. The second-order valence-corrected chi connectivity index (χ2v) is 5.16. The summed E-state index contributed by atoms with van der Waals surface area (Å²) in [5, 5.41) is 2.80. The lowest BCUT2D eigenvalue weighted by Gasteiger charge is -2.39. The van der Waals surface area contributed by atoms with E-state index in [9.17, 15) is 9.59 Å². The van der Waals surface area contributed by atoms with Gasteiger partial charge in [-0.3, -0.25) is 9.59 Å². The van der Waals surface area contributed by atoms with Crippen LogP contribution in [0.15, 0.2) is 0 Å². The highest BCUT2D eigenvalue weighted by atomic mass is 35.5. The van der Waals surface area contributed by atoms with E-state index in [-0.39, 0.29) is 48.1 Å². The van der Waals surface area contributed by atoms with E-state index >= 15 is 0 Å². The molecule has 0 radical (unpaired) electrons. The Morgan fingerprint density at radius 1 is 1.39 bits per heavy atom. The van der Waals surface area contributed by atoms with Crippen LogP contribution in [-0.4, -0.2) is 41.9 Å². The quantitative estimate of drug-likeness (QED) is 0.783. The second kappa shape index (κ2) is 6.95. The van der Waals surface area contributed by atoms with E-state index in [0.717, 1.165) is 0 Å². The van der Waals surface area contributed by atoms with Crippen molar-refractivity contribution < 1.29 is 9.59 Å². The number of hydrogen-bond acceptors (Lipinski definition) is 3. The number of piperazine rings is 1. The molecule has 1 fully saturated rings. The van der Waals surface area contributed by atoms with Crippen LogP contribution in [0.25, 0.3) is 0 Å². The normalized spacial score (nSPS) is 23.1. The van der Waals surface area contributed by atoms with Gasteiger partial charge in [-0.25, -0.2) is 0 Å². The van der Waals surface area contributed by atoms with Gasteiger partial charge in [-0.1, -0.05) is 20.8 Å². The average molecular weight is 278 g/mol. The van der Waals surface area contributed by atoms with Crippen molar-refractivity contribution in [2.75, 3.05) is 13.1 Å². The summed E-state index contributed by atoms with van der Waals surface area (Å²) >= 11 is 0. The summed E-state index contributed by atoms with van der Waals surface area (Å²) in [6.07, 6.45) is 0. The van der Waals surface area contributed by atoms with Gasteiger partial charge in [0.2, 0.25) is 11.8 Å². The van der Waals surface area contributed by atoms with Gasteiger partial charge in [-0.2, -0.15) is 0 Å². The standard InChI is InChI=1S/C12H23N3O2.ClH/c1-7(2)10-11(16)14-5-6-15(10)12(17)8(3)9(4)13;/h7-10H,5-6,13H2,1-4H3,(H,14,16);1H. The Morgan fingerprint density at radius 3 is 2.39 bits per heavy atom. The minimum Gasteiger partial charge on any atom is -0.353 e. The molecule has 106 valence electrons. The van der Waals surface area contributed by atoms with Gasteiger partial charge >= 0.3 is 0 Å². The number of rotatable bonds is 3. The van der Waals surface area contributed by atoms with E-state index in [1.165, 1.54) is 0 Å². The van der Waals surface area contributed by atoms with Crippen LogP contribution in [0.3, 0.4) is 0 Å². The third kappa shape index (κ3) is 3.59. The summed E-state index contributed by atoms with van der Waals surface area (Å²) in [6, 6.07) is -0.558. The van der Waals surface area contributed by atoms with Gasteiger partial charge in [0.15, 0.2) is 0 Å². The van der Waals surface area contributed by atoms with E-state index in [1.807, 2.05) is 27.7 Å². The summed E-state index contributed by atoms with van der Waals surface area (Å²) < 4.78 is 0. The summed E-state index contributed by atoms with van der Waals surface area (Å²) in [4.78, 5) is 25.8. The highest BCUT2D eigenvalue weighted by Gasteiger charge is 2.37. The number of carbonyl (C=O) groups is 2. The van der Waals surface area contributed by atoms with E-state index in [4.69, 9.17) is 5.73 Å². The largest absolute Gasteiger partial charge is 0.353 e. The van der Waals surface area contributed by atoms with Gasteiger partial charge in [0, 0.05) is 19.1 Å². The zero-order valence-electron chi connectivity index (χ0n) is 11.5. The SMILES string of the molecule is CC(C)C1C(=O)NCCN1C(=O)C(C)C(C)N.Cl. The fourth-order valence-corrected chi connectivity index (χ4v) is 2.08. The molecule has 1 aliphatic heterocycles. The Kier molecular flexibility index (Phi) is 6.63. The van der Waals surface area contributed by atoms with Crippen LogP contribution in [0, 0.1) is 11.8 Å². The van der Waals surface area contributed by atoms with Crippen molar-refractivity contribution in [1.29, 1.82) is 0 Å². The van der Waals surface area contributed by atoms with Crippen LogP contribution in [0.2, 0.25) is 0 Å². The van der Waals surface area contributed by atoms with Gasteiger partial charge in [-0.15, -0.1) is 12.4 Å². The Labute approximate surface area is 115 Å². The number of halogens is 1. The molecule has 1 rings (SSSR count). The van der Waals surface area contributed by atoms with Crippen molar-refractivity contribution in [3.8, 4) is 0 Å². The maximum Gasteiger partial charge on any atom is 0.243 e. The highest BCUT2D eigenvalue weighted by Crippen LogP contribution is 2.17. The van der Waals surface area contributed by atoms with Gasteiger partial charge in [-0.05, 0) is 12.8 Å². The fraction of sp³-hybridized carbons (Fsp3) is 0.833. The summed E-state index contributed by atoms with van der Waals surface area (Å²) in [5.41, 5.74) is 5.75. The van der Waals surface area contributed by atoms with Crippen molar-refractivity contribution >= 4 is 24.2 Å². The summed E-state index contributed by atoms with van der Waals surface area (Å²) in [6.45, 7) is 8.64. The lowest BCUT2D eigenvalue weighted by atomic mass is 9.95. The minimum absolute atomic E-state index is 0. The first-order valence-corrected chi connectivity index (χ1v) is 6.20. The lowest BCUT2D eigenvalue weighted by Crippen LogP contribution is -2.61. The van der Waals surface area contributed by atoms with Crippen LogP contribution < -0.4 is 11.1 Å². The molecule has 0 spiro atoms. The molecule has 1 heterocycles. The van der Waals surface area contributed by atoms with Crippen LogP contribution >= 0.6 is 12.4 Å². The first kappa shape index (κ1) is 17.2. The molecule has 3 atom stereocenters. The van der Waals surface area contributed by atoms with Gasteiger partial charge in [0.05, 0.1) is 5.92 Å². The predicted molar refractivity (Wildman–Crippen MR) is 73.4 cm³/mol. The molecule has 2 amide bonds. The molecule has 3 N–H and O–H groups in total. The molecule has 0 bridgehead atoms. The molecular formula is C12H24ClN3O2. The second-order valence-electron chi connectivity index (χ2n) is 5.16. The van der Waals surface area contributed by atoms with Crippen molar-refractivity contribution in [1.82, 2.24) is 10.2 Å². The molecule has 0 aromatic heterocycles. The number of nitrogens with zero attached hydrogens (tertiary/aromatic N) is 1. The first-order chi connectivity index (χ1) is 7.86. The Morgan fingerprint density at radius 2 is 1.94 bits per heavy atom. The van der Waals surface area contributed by atoms with Crippen molar-refractivity contribution in [3.63, 3.8) is 0 Å². The maximum absolute atomic E-state index is 12.3. The van der Waals surface area contributed by atoms with Crippen LogP contribution in [0.5, 0.6) is 0 Å². The molecular weight excluding hydrogens is 254 g/mol. The van der Waals surface area contributed by atoms with Gasteiger partial charge < -0.3 is 16.0 Å². The number of hydrogen-bond donors (Lipinski definition) is 2. The molecule has 18 heavy (non-hydrogen) atoms. The summed E-state index contributed by atoms with van der Waals surface area (Å²) in [7, 11) is 0. The minimum atomic E-state index is -0.363. The fourth-order valence-electron chi connectivity index (χ4n) is 2.08. The Bertz CT molecular complexity index is 308. The third-order valence-electron chi connectivity index (χ3n) is 3.35. The highest BCUT2D eigenvalue weighted by molar-refractivity contribution is 5.90. The van der Waals surface area contributed by atoms with Crippen LogP contribution in [-0.2, 0) is 9.59 Å². The van der Waals surface area contributed by atoms with E-state index in [1.54, 1.807) is 4.90 Å². The molecule has 0 aliphatic carbocycles. The number of nitrogens with two attached hydrogens (primary N) is 1. The topological polar surface area (TPSA) is 75.4 Å². The van der Waals surface area contributed by atoms with Crippen LogP contribution in [0.4, 0.5) is 0 Å². The Hall–Kier alpha value is -0.810. The van der Waals surface area contributed by atoms with Crippen molar-refractivity contribution in [3.05, 3.63) is 0 Å². The number of nitrogens with one attached hydrogen (secondary N) is 1. The lowest BCUT2D eigenvalue weighted by molar-refractivity contribution is -0.148. The molecule has 0 aromatic carbocycles. The van der Waals surface area contributed by atoms with Crippen molar-refractivity contribution in [2.24, 2.45) is 17.6 Å². The van der Waals surface area contributed by atoms with Crippen molar-refractivity contribution in [2.45, 2.75) is 39.8 Å². The summed E-state index contributed by atoms with van der Waals surface area (Å²) in [5.74, 6) is -0.216. The molecule has 0 saturated carbocycles.